The zero-order chi connectivity index (χ0) is 17.6. The van der Waals surface area contributed by atoms with Crippen LogP contribution in [0.4, 0.5) is 0 Å². The third-order valence-electron chi connectivity index (χ3n) is 4.56. The molecule has 7 nitrogen and oxygen atoms in total. The zero-order valence-electron chi connectivity index (χ0n) is 14.5. The van der Waals surface area contributed by atoms with Crippen LogP contribution in [0.2, 0.25) is 0 Å². The summed E-state index contributed by atoms with van der Waals surface area (Å²) in [6, 6.07) is 3.37. The van der Waals surface area contributed by atoms with E-state index < -0.39 is 0 Å². The van der Waals surface area contributed by atoms with Crippen molar-refractivity contribution in [3.63, 3.8) is 0 Å². The Labute approximate surface area is 147 Å². The van der Waals surface area contributed by atoms with Gasteiger partial charge in [0.1, 0.15) is 6.10 Å². The monoisotopic (exact) mass is 348 g/mol. The molecule has 3 heterocycles. The topological polar surface area (TPSA) is 78.0 Å². The highest BCUT2D eigenvalue weighted by atomic mass is 16.5. The van der Waals surface area contributed by atoms with Gasteiger partial charge in [0.05, 0.1) is 25.7 Å². The number of piperidine rings is 1. The molecule has 0 spiro atoms. The van der Waals surface area contributed by atoms with E-state index in [1.54, 1.807) is 30.2 Å². The molecule has 2 saturated heterocycles. The predicted molar refractivity (Wildman–Crippen MR) is 89.3 cm³/mol. The summed E-state index contributed by atoms with van der Waals surface area (Å²) in [5, 5.41) is 0. The molecule has 1 aromatic rings. The quantitative estimate of drug-likeness (QED) is 0.753. The second kappa shape index (κ2) is 8.29. The van der Waals surface area contributed by atoms with Crippen LogP contribution < -0.4 is 4.74 Å². The minimum atomic E-state index is -0.159. The van der Waals surface area contributed by atoms with Crippen LogP contribution in [0.1, 0.15) is 36.5 Å². The number of pyridine rings is 1. The number of nitrogens with zero attached hydrogens (tertiary/aromatic N) is 2. The molecule has 2 fully saturated rings. The zero-order valence-corrected chi connectivity index (χ0v) is 14.5. The number of carbonyl (C=O) groups is 2. The van der Waals surface area contributed by atoms with Gasteiger partial charge < -0.3 is 19.1 Å². The fraction of sp³-hybridized carbons (Fsp3) is 0.611. The van der Waals surface area contributed by atoms with Gasteiger partial charge in [-0.05, 0) is 25.8 Å². The number of hydrogen-bond acceptors (Lipinski definition) is 6. The van der Waals surface area contributed by atoms with Gasteiger partial charge in [0.2, 0.25) is 5.88 Å². The van der Waals surface area contributed by atoms with Gasteiger partial charge in [0, 0.05) is 37.3 Å². The lowest BCUT2D eigenvalue weighted by Crippen LogP contribution is -2.40. The van der Waals surface area contributed by atoms with Gasteiger partial charge in [0.25, 0.3) is 5.91 Å². The van der Waals surface area contributed by atoms with Gasteiger partial charge in [-0.2, -0.15) is 0 Å². The fourth-order valence-electron chi connectivity index (χ4n) is 3.14. The van der Waals surface area contributed by atoms with Crippen molar-refractivity contribution in [1.82, 2.24) is 9.88 Å². The maximum atomic E-state index is 12.7. The highest BCUT2D eigenvalue weighted by Gasteiger charge is 2.29. The number of hydrogen-bond donors (Lipinski definition) is 0. The molecule has 0 radical (unpaired) electrons. The lowest BCUT2D eigenvalue weighted by Gasteiger charge is -2.31. The summed E-state index contributed by atoms with van der Waals surface area (Å²) < 4.78 is 16.1. The van der Waals surface area contributed by atoms with Crippen LogP contribution >= 0.6 is 0 Å². The van der Waals surface area contributed by atoms with E-state index in [0.717, 1.165) is 6.42 Å². The van der Waals surface area contributed by atoms with Crippen LogP contribution in [-0.2, 0) is 14.3 Å². The van der Waals surface area contributed by atoms with E-state index in [9.17, 15) is 9.59 Å². The van der Waals surface area contributed by atoms with Crippen LogP contribution in [0.3, 0.4) is 0 Å². The Morgan fingerprint density at radius 1 is 1.32 bits per heavy atom. The maximum Gasteiger partial charge on any atom is 0.309 e. The summed E-state index contributed by atoms with van der Waals surface area (Å²) in [6.45, 7) is 4.55. The maximum absolute atomic E-state index is 12.7. The average molecular weight is 348 g/mol. The molecule has 3 rings (SSSR count). The first-order chi connectivity index (χ1) is 12.2. The highest BCUT2D eigenvalue weighted by Crippen LogP contribution is 2.22. The summed E-state index contributed by atoms with van der Waals surface area (Å²) in [5.74, 6) is 0.121. The van der Waals surface area contributed by atoms with Crippen molar-refractivity contribution in [1.29, 1.82) is 0 Å². The Bertz CT molecular complexity index is 607. The second-order valence-electron chi connectivity index (χ2n) is 6.30. The summed E-state index contributed by atoms with van der Waals surface area (Å²) in [7, 11) is 0. The molecule has 1 atom stereocenters. The van der Waals surface area contributed by atoms with Crippen molar-refractivity contribution < 1.29 is 23.8 Å². The molecule has 2 aliphatic heterocycles. The molecule has 25 heavy (non-hydrogen) atoms. The largest absolute Gasteiger partial charge is 0.472 e. The molecule has 0 N–H and O–H groups in total. The second-order valence-corrected chi connectivity index (χ2v) is 6.30. The lowest BCUT2D eigenvalue weighted by atomic mass is 9.96. The van der Waals surface area contributed by atoms with E-state index in [-0.39, 0.29) is 23.9 Å². The van der Waals surface area contributed by atoms with Crippen LogP contribution in [0.5, 0.6) is 5.88 Å². The van der Waals surface area contributed by atoms with E-state index in [1.165, 1.54) is 0 Å². The Hall–Kier alpha value is -2.15. The van der Waals surface area contributed by atoms with Crippen molar-refractivity contribution in [3.8, 4) is 5.88 Å². The highest BCUT2D eigenvalue weighted by molar-refractivity contribution is 5.94. The molecule has 0 aliphatic carbocycles. The van der Waals surface area contributed by atoms with E-state index >= 15 is 0 Å². The molecule has 1 amide bonds. The van der Waals surface area contributed by atoms with Gasteiger partial charge in [-0.15, -0.1) is 0 Å². The molecule has 2 aliphatic rings. The molecule has 136 valence electrons. The van der Waals surface area contributed by atoms with E-state index in [0.29, 0.717) is 57.2 Å². The van der Waals surface area contributed by atoms with Gasteiger partial charge in [-0.25, -0.2) is 4.98 Å². The number of rotatable bonds is 5. The van der Waals surface area contributed by atoms with Gasteiger partial charge in [-0.1, -0.05) is 0 Å². The molecule has 0 aromatic carbocycles. The van der Waals surface area contributed by atoms with Crippen LogP contribution in [0.15, 0.2) is 18.3 Å². The summed E-state index contributed by atoms with van der Waals surface area (Å²) in [6.07, 6.45) is 3.69. The normalized spacial score (nSPS) is 21.2. The Kier molecular flexibility index (Phi) is 5.86. The summed E-state index contributed by atoms with van der Waals surface area (Å²) in [4.78, 5) is 30.4. The van der Waals surface area contributed by atoms with Crippen molar-refractivity contribution in [3.05, 3.63) is 23.9 Å². The molecular weight excluding hydrogens is 324 g/mol. The Balaban J connectivity index is 1.57. The number of carbonyl (C=O) groups excluding carboxylic acids is 2. The third kappa shape index (κ3) is 4.48. The van der Waals surface area contributed by atoms with Crippen molar-refractivity contribution in [2.75, 3.05) is 32.9 Å². The van der Waals surface area contributed by atoms with Crippen LogP contribution in [0, 0.1) is 5.92 Å². The van der Waals surface area contributed by atoms with E-state index in [1.807, 2.05) is 0 Å². The molecular formula is C18H24N2O5. The lowest BCUT2D eigenvalue weighted by molar-refractivity contribution is -0.149. The van der Waals surface area contributed by atoms with Gasteiger partial charge in [-0.3, -0.25) is 9.59 Å². The Morgan fingerprint density at radius 3 is 2.80 bits per heavy atom. The third-order valence-corrected chi connectivity index (χ3v) is 4.56. The first-order valence-electron chi connectivity index (χ1n) is 8.83. The smallest absolute Gasteiger partial charge is 0.309 e. The van der Waals surface area contributed by atoms with Gasteiger partial charge in [0.15, 0.2) is 0 Å². The number of esters is 1. The summed E-state index contributed by atoms with van der Waals surface area (Å²) >= 11 is 0. The van der Waals surface area contributed by atoms with Gasteiger partial charge >= 0.3 is 5.97 Å². The van der Waals surface area contributed by atoms with Crippen molar-refractivity contribution in [2.24, 2.45) is 5.92 Å². The minimum Gasteiger partial charge on any atom is -0.472 e. The molecule has 1 unspecified atom stereocenters. The molecule has 1 aromatic heterocycles. The predicted octanol–water partition coefficient (Wildman–Crippen LogP) is 1.66. The number of aromatic nitrogens is 1. The first-order valence-corrected chi connectivity index (χ1v) is 8.83. The van der Waals surface area contributed by atoms with Crippen molar-refractivity contribution in [2.45, 2.75) is 32.3 Å². The molecule has 0 saturated carbocycles. The van der Waals surface area contributed by atoms with Crippen molar-refractivity contribution >= 4 is 11.9 Å². The standard InChI is InChI=1S/C18H24N2O5/c1-2-24-18(22)13-4-8-20(9-5-13)17(21)14-3-7-19-16(11-14)25-15-6-10-23-12-15/h3,7,11,13,15H,2,4-6,8-10,12H2,1H3. The number of likely N-dealkylation sites (tertiary alicyclic amines) is 1. The molecule has 0 bridgehead atoms. The van der Waals surface area contributed by atoms with Crippen LogP contribution in [0.25, 0.3) is 0 Å². The number of ether oxygens (including phenoxy) is 3. The SMILES string of the molecule is CCOC(=O)C1CCN(C(=O)c2ccnc(OC3CCOC3)c2)CC1. The number of amides is 1. The van der Waals surface area contributed by atoms with Crippen LogP contribution in [-0.4, -0.2) is 60.8 Å². The summed E-state index contributed by atoms with van der Waals surface area (Å²) in [5.41, 5.74) is 0.554. The Morgan fingerprint density at radius 2 is 2.12 bits per heavy atom. The average Bonchev–Trinajstić information content (AvgIpc) is 3.15. The van der Waals surface area contributed by atoms with E-state index in [4.69, 9.17) is 14.2 Å². The molecule has 7 heteroatoms. The first kappa shape index (κ1) is 17.7. The fourth-order valence-corrected chi connectivity index (χ4v) is 3.14. The minimum absolute atomic E-state index is 0.00169. The van der Waals surface area contributed by atoms with E-state index in [2.05, 4.69) is 4.98 Å².